The van der Waals surface area contributed by atoms with Crippen molar-refractivity contribution in [3.63, 3.8) is 0 Å². The van der Waals surface area contributed by atoms with Crippen LogP contribution >= 0.6 is 0 Å². The Morgan fingerprint density at radius 2 is 1.85 bits per heavy atom. The predicted molar refractivity (Wildman–Crippen MR) is 76.3 cm³/mol. The molecule has 0 spiro atoms. The molecular formula is C12H18N4O3S. The summed E-state index contributed by atoms with van der Waals surface area (Å²) in [5.41, 5.74) is 6.32. The van der Waals surface area contributed by atoms with Gasteiger partial charge in [-0.3, -0.25) is 9.52 Å². The van der Waals surface area contributed by atoms with E-state index in [4.69, 9.17) is 5.73 Å². The van der Waals surface area contributed by atoms with E-state index >= 15 is 0 Å². The fourth-order valence-electron chi connectivity index (χ4n) is 1.99. The predicted octanol–water partition coefficient (Wildman–Crippen LogP) is -0.724. The average Bonchev–Trinajstić information content (AvgIpc) is 2.41. The minimum absolute atomic E-state index is 0.144. The Kier molecular flexibility index (Phi) is 4.58. The van der Waals surface area contributed by atoms with Crippen molar-refractivity contribution in [2.45, 2.75) is 6.42 Å². The summed E-state index contributed by atoms with van der Waals surface area (Å²) in [7, 11) is -3.52. The maximum atomic E-state index is 12.1. The van der Waals surface area contributed by atoms with Gasteiger partial charge in [-0.2, -0.15) is 12.7 Å². The van der Waals surface area contributed by atoms with E-state index in [1.165, 1.54) is 4.31 Å². The second kappa shape index (κ2) is 6.21. The van der Waals surface area contributed by atoms with Crippen LogP contribution in [0.4, 0.5) is 5.69 Å². The average molecular weight is 298 g/mol. The summed E-state index contributed by atoms with van der Waals surface area (Å²) in [5.74, 6) is -0.417. The molecule has 1 aromatic rings. The first-order valence-electron chi connectivity index (χ1n) is 6.33. The van der Waals surface area contributed by atoms with Crippen molar-refractivity contribution >= 4 is 21.8 Å². The lowest BCUT2D eigenvalue weighted by molar-refractivity contribution is -0.117. The number of anilines is 1. The van der Waals surface area contributed by atoms with Gasteiger partial charge in [-0.05, 0) is 17.7 Å². The van der Waals surface area contributed by atoms with Gasteiger partial charge in [-0.1, -0.05) is 12.1 Å². The fourth-order valence-corrected chi connectivity index (χ4v) is 3.22. The van der Waals surface area contributed by atoms with Crippen LogP contribution in [-0.2, 0) is 21.4 Å². The van der Waals surface area contributed by atoms with Crippen molar-refractivity contribution in [1.82, 2.24) is 9.62 Å². The third kappa shape index (κ3) is 3.92. The Morgan fingerprint density at radius 3 is 2.40 bits per heavy atom. The molecule has 1 aliphatic rings. The Balaban J connectivity index is 2.03. The molecule has 0 atom stereocenters. The SMILES string of the molecule is NC(=O)Cc1ccc(NS(=O)(=O)N2CCNCC2)cc1. The third-order valence-corrected chi connectivity index (χ3v) is 4.53. The molecule has 110 valence electrons. The largest absolute Gasteiger partial charge is 0.369 e. The zero-order valence-electron chi connectivity index (χ0n) is 11.0. The number of benzene rings is 1. The molecule has 1 heterocycles. The van der Waals surface area contributed by atoms with Gasteiger partial charge in [0, 0.05) is 31.9 Å². The second-order valence-electron chi connectivity index (χ2n) is 4.60. The summed E-state index contributed by atoms with van der Waals surface area (Å²) in [4.78, 5) is 10.8. The van der Waals surface area contributed by atoms with Gasteiger partial charge in [-0.25, -0.2) is 0 Å². The minimum atomic E-state index is -3.52. The molecule has 0 bridgehead atoms. The van der Waals surface area contributed by atoms with Crippen molar-refractivity contribution in [3.05, 3.63) is 29.8 Å². The van der Waals surface area contributed by atoms with E-state index in [0.717, 1.165) is 5.56 Å². The highest BCUT2D eigenvalue weighted by Gasteiger charge is 2.23. The number of nitrogens with zero attached hydrogens (tertiary/aromatic N) is 1. The van der Waals surface area contributed by atoms with Gasteiger partial charge in [-0.15, -0.1) is 0 Å². The van der Waals surface area contributed by atoms with E-state index < -0.39 is 16.1 Å². The van der Waals surface area contributed by atoms with E-state index in [1.807, 2.05) is 0 Å². The topological polar surface area (TPSA) is 105 Å². The number of hydrogen-bond donors (Lipinski definition) is 3. The van der Waals surface area contributed by atoms with Gasteiger partial charge in [0.1, 0.15) is 0 Å². The van der Waals surface area contributed by atoms with E-state index in [-0.39, 0.29) is 6.42 Å². The van der Waals surface area contributed by atoms with E-state index in [9.17, 15) is 13.2 Å². The Bertz CT molecular complexity index is 565. The number of carbonyl (C=O) groups is 1. The van der Waals surface area contributed by atoms with Gasteiger partial charge in [0.15, 0.2) is 0 Å². The maximum Gasteiger partial charge on any atom is 0.301 e. The molecule has 0 aliphatic carbocycles. The molecule has 0 saturated carbocycles. The standard InChI is InChI=1S/C12H18N4O3S/c13-12(17)9-10-1-3-11(4-2-10)15-20(18,19)16-7-5-14-6-8-16/h1-4,14-15H,5-9H2,(H2,13,17). The van der Waals surface area contributed by atoms with Gasteiger partial charge >= 0.3 is 10.2 Å². The first-order valence-corrected chi connectivity index (χ1v) is 7.77. The maximum absolute atomic E-state index is 12.1. The number of nitrogens with one attached hydrogen (secondary N) is 2. The zero-order valence-corrected chi connectivity index (χ0v) is 11.8. The molecule has 20 heavy (non-hydrogen) atoms. The van der Waals surface area contributed by atoms with Crippen molar-refractivity contribution in [3.8, 4) is 0 Å². The van der Waals surface area contributed by atoms with Crippen molar-refractivity contribution < 1.29 is 13.2 Å². The minimum Gasteiger partial charge on any atom is -0.369 e. The Hall–Kier alpha value is -1.64. The molecule has 7 nitrogen and oxygen atoms in total. The van der Waals surface area contributed by atoms with Crippen LogP contribution < -0.4 is 15.8 Å². The Morgan fingerprint density at radius 1 is 1.25 bits per heavy atom. The molecule has 4 N–H and O–H groups in total. The number of rotatable bonds is 5. The lowest BCUT2D eigenvalue weighted by Crippen LogP contribution is -2.48. The van der Waals surface area contributed by atoms with Crippen LogP contribution in [0.3, 0.4) is 0 Å². The highest BCUT2D eigenvalue weighted by Crippen LogP contribution is 2.14. The van der Waals surface area contributed by atoms with Gasteiger partial charge in [0.25, 0.3) is 0 Å². The third-order valence-electron chi connectivity index (χ3n) is 2.99. The van der Waals surface area contributed by atoms with Crippen LogP contribution in [0.25, 0.3) is 0 Å². The molecule has 1 aliphatic heterocycles. The number of primary amides is 1. The van der Waals surface area contributed by atoms with Crippen LogP contribution in [-0.4, -0.2) is 44.8 Å². The number of hydrogen-bond acceptors (Lipinski definition) is 4. The Labute approximate surface area is 118 Å². The number of carbonyl (C=O) groups excluding carboxylic acids is 1. The lowest BCUT2D eigenvalue weighted by atomic mass is 10.1. The molecule has 0 unspecified atom stereocenters. The monoisotopic (exact) mass is 298 g/mol. The molecule has 1 saturated heterocycles. The molecule has 0 aromatic heterocycles. The highest BCUT2D eigenvalue weighted by atomic mass is 32.2. The van der Waals surface area contributed by atoms with E-state index in [1.54, 1.807) is 24.3 Å². The summed E-state index contributed by atoms with van der Waals surface area (Å²) < 4.78 is 28.2. The smallest absolute Gasteiger partial charge is 0.301 e. The zero-order chi connectivity index (χ0) is 14.6. The molecule has 0 radical (unpaired) electrons. The summed E-state index contributed by atoms with van der Waals surface area (Å²) in [6.07, 6.45) is 0.144. The van der Waals surface area contributed by atoms with Crippen LogP contribution in [0, 0.1) is 0 Å². The molecule has 1 aromatic carbocycles. The van der Waals surface area contributed by atoms with Gasteiger partial charge in [0.2, 0.25) is 5.91 Å². The molecule has 1 fully saturated rings. The molecular weight excluding hydrogens is 280 g/mol. The van der Waals surface area contributed by atoms with Crippen molar-refractivity contribution in [1.29, 1.82) is 0 Å². The van der Waals surface area contributed by atoms with Crippen molar-refractivity contribution in [2.75, 3.05) is 30.9 Å². The lowest BCUT2D eigenvalue weighted by Gasteiger charge is -2.26. The first-order chi connectivity index (χ1) is 9.47. The molecule has 2 rings (SSSR count). The molecule has 1 amide bonds. The van der Waals surface area contributed by atoms with Crippen LogP contribution in [0.1, 0.15) is 5.56 Å². The number of nitrogens with two attached hydrogens (primary N) is 1. The fraction of sp³-hybridized carbons (Fsp3) is 0.417. The first kappa shape index (κ1) is 14.8. The van der Waals surface area contributed by atoms with Crippen LogP contribution in [0.2, 0.25) is 0 Å². The van der Waals surface area contributed by atoms with Crippen LogP contribution in [0.15, 0.2) is 24.3 Å². The van der Waals surface area contributed by atoms with Crippen molar-refractivity contribution in [2.24, 2.45) is 5.73 Å². The second-order valence-corrected chi connectivity index (χ2v) is 6.27. The summed E-state index contributed by atoms with van der Waals surface area (Å²) >= 11 is 0. The quantitative estimate of drug-likeness (QED) is 0.667. The summed E-state index contributed by atoms with van der Waals surface area (Å²) in [6, 6.07) is 6.61. The highest BCUT2D eigenvalue weighted by molar-refractivity contribution is 7.90. The van der Waals surface area contributed by atoms with Gasteiger partial charge < -0.3 is 11.1 Å². The number of piperazine rings is 1. The van der Waals surface area contributed by atoms with Crippen LogP contribution in [0.5, 0.6) is 0 Å². The number of amides is 1. The van der Waals surface area contributed by atoms with E-state index in [2.05, 4.69) is 10.0 Å². The normalized spacial score (nSPS) is 16.8. The van der Waals surface area contributed by atoms with Gasteiger partial charge in [0.05, 0.1) is 6.42 Å². The summed E-state index contributed by atoms with van der Waals surface area (Å²) in [6.45, 7) is 2.21. The van der Waals surface area contributed by atoms with E-state index in [0.29, 0.717) is 31.9 Å². The summed E-state index contributed by atoms with van der Waals surface area (Å²) in [5, 5.41) is 3.10. The molecule has 8 heteroatoms.